The molecule has 0 aliphatic carbocycles. The van der Waals surface area contributed by atoms with Gasteiger partial charge in [-0.05, 0) is 12.1 Å². The first-order valence-corrected chi connectivity index (χ1v) is 5.40. The summed E-state index contributed by atoms with van der Waals surface area (Å²) in [4.78, 5) is 15.5. The van der Waals surface area contributed by atoms with E-state index in [2.05, 4.69) is 4.98 Å². The first-order chi connectivity index (χ1) is 8.31. The van der Waals surface area contributed by atoms with Crippen molar-refractivity contribution in [2.75, 3.05) is 0 Å². The summed E-state index contributed by atoms with van der Waals surface area (Å²) in [6.45, 7) is 0.669. The molecule has 0 aliphatic rings. The predicted molar refractivity (Wildman–Crippen MR) is 65.0 cm³/mol. The topological polar surface area (TPSA) is 39.3 Å². The Labute approximate surface area is 97.8 Å². The maximum atomic E-state index is 11.0. The van der Waals surface area contributed by atoms with Gasteiger partial charge in [0.1, 0.15) is 5.65 Å². The van der Waals surface area contributed by atoms with Gasteiger partial charge in [0.05, 0.1) is 12.2 Å². The Balaban J connectivity index is 1.94. The van der Waals surface area contributed by atoms with Crippen LogP contribution in [0.25, 0.3) is 5.65 Å². The number of imidazole rings is 1. The van der Waals surface area contributed by atoms with E-state index in [1.165, 1.54) is 0 Å². The number of pyridine rings is 2. The monoisotopic (exact) mass is 225 g/mol. The van der Waals surface area contributed by atoms with E-state index in [0.717, 1.165) is 11.3 Å². The highest BCUT2D eigenvalue weighted by Crippen LogP contribution is 2.05. The number of nitrogens with zero attached hydrogens (tertiary/aromatic N) is 3. The minimum Gasteiger partial charge on any atom is -0.348 e. The van der Waals surface area contributed by atoms with Crippen LogP contribution < -0.4 is 5.43 Å². The fourth-order valence-corrected chi connectivity index (χ4v) is 1.80. The molecule has 0 spiro atoms. The second-order valence-corrected chi connectivity index (χ2v) is 3.90. The molecule has 0 aromatic carbocycles. The zero-order valence-electron chi connectivity index (χ0n) is 9.15. The molecule has 0 saturated heterocycles. The molecule has 4 heteroatoms. The maximum absolute atomic E-state index is 11.0. The molecule has 4 nitrogen and oxygen atoms in total. The average molecular weight is 225 g/mol. The van der Waals surface area contributed by atoms with Crippen molar-refractivity contribution in [3.05, 3.63) is 71.0 Å². The first kappa shape index (κ1) is 9.84. The average Bonchev–Trinajstić information content (AvgIpc) is 2.74. The molecule has 3 aromatic heterocycles. The van der Waals surface area contributed by atoms with E-state index in [4.69, 9.17) is 0 Å². The van der Waals surface area contributed by atoms with Crippen LogP contribution in [-0.4, -0.2) is 14.0 Å². The minimum absolute atomic E-state index is 0.0243. The predicted octanol–water partition coefficient (Wildman–Crippen LogP) is 1.54. The van der Waals surface area contributed by atoms with Gasteiger partial charge in [-0.2, -0.15) is 0 Å². The smallest absolute Gasteiger partial charge is 0.181 e. The highest BCUT2D eigenvalue weighted by atomic mass is 16.1. The molecule has 0 N–H and O–H groups in total. The second kappa shape index (κ2) is 3.90. The molecular formula is C13H11N3O. The quantitative estimate of drug-likeness (QED) is 0.663. The number of fused-ring (bicyclic) bond motifs is 1. The number of rotatable bonds is 2. The van der Waals surface area contributed by atoms with E-state index in [-0.39, 0.29) is 5.43 Å². The van der Waals surface area contributed by atoms with Gasteiger partial charge in [0.25, 0.3) is 0 Å². The normalized spacial score (nSPS) is 10.8. The highest BCUT2D eigenvalue weighted by molar-refractivity contribution is 5.39. The zero-order valence-corrected chi connectivity index (χ0v) is 9.15. The second-order valence-electron chi connectivity index (χ2n) is 3.90. The molecule has 0 fully saturated rings. The lowest BCUT2D eigenvalue weighted by Gasteiger charge is -2.01. The summed E-state index contributed by atoms with van der Waals surface area (Å²) in [6, 6.07) is 9.00. The summed E-state index contributed by atoms with van der Waals surface area (Å²) in [7, 11) is 0. The molecule has 0 amide bonds. The van der Waals surface area contributed by atoms with Gasteiger partial charge >= 0.3 is 0 Å². The third-order valence-electron chi connectivity index (χ3n) is 2.62. The standard InChI is InChI=1S/C13H11N3O/c17-12-4-7-15(8-5-12)9-11-10-16-6-2-1-3-13(16)14-11/h1-8,10H,9H2. The van der Waals surface area contributed by atoms with E-state index in [1.807, 2.05) is 39.6 Å². The van der Waals surface area contributed by atoms with Crippen molar-refractivity contribution < 1.29 is 0 Å². The molecule has 0 bridgehead atoms. The van der Waals surface area contributed by atoms with Crippen LogP contribution in [0.15, 0.2) is 59.9 Å². The fraction of sp³-hybridized carbons (Fsp3) is 0.0769. The number of hydrogen-bond acceptors (Lipinski definition) is 2. The van der Waals surface area contributed by atoms with Crippen molar-refractivity contribution in [2.45, 2.75) is 6.54 Å². The largest absolute Gasteiger partial charge is 0.348 e. The van der Waals surface area contributed by atoms with Gasteiger partial charge in [-0.25, -0.2) is 4.98 Å². The summed E-state index contributed by atoms with van der Waals surface area (Å²) in [5.74, 6) is 0. The van der Waals surface area contributed by atoms with Gasteiger partial charge < -0.3 is 8.97 Å². The van der Waals surface area contributed by atoms with Crippen LogP contribution in [0.1, 0.15) is 5.69 Å². The Hall–Kier alpha value is -2.36. The van der Waals surface area contributed by atoms with Gasteiger partial charge in [0.15, 0.2) is 5.43 Å². The van der Waals surface area contributed by atoms with Gasteiger partial charge in [0.2, 0.25) is 0 Å². The fourth-order valence-electron chi connectivity index (χ4n) is 1.80. The number of hydrogen-bond donors (Lipinski definition) is 0. The lowest BCUT2D eigenvalue weighted by molar-refractivity contribution is 0.771. The molecular weight excluding hydrogens is 214 g/mol. The summed E-state index contributed by atoms with van der Waals surface area (Å²) in [5, 5.41) is 0. The molecule has 0 aliphatic heterocycles. The van der Waals surface area contributed by atoms with Crippen molar-refractivity contribution in [1.82, 2.24) is 14.0 Å². The molecule has 0 unspecified atom stereocenters. The SMILES string of the molecule is O=c1ccn(Cc2cn3ccccc3n2)cc1. The lowest BCUT2D eigenvalue weighted by atomic mass is 10.4. The van der Waals surface area contributed by atoms with Gasteiger partial charge in [-0.15, -0.1) is 0 Å². The molecule has 17 heavy (non-hydrogen) atoms. The number of aromatic nitrogens is 3. The Bertz CT molecular complexity index is 658. The third kappa shape index (κ3) is 1.97. The molecule has 84 valence electrons. The van der Waals surface area contributed by atoms with E-state index in [9.17, 15) is 4.79 Å². The summed E-state index contributed by atoms with van der Waals surface area (Å²) < 4.78 is 3.92. The third-order valence-corrected chi connectivity index (χ3v) is 2.62. The van der Waals surface area contributed by atoms with E-state index >= 15 is 0 Å². The minimum atomic E-state index is 0.0243. The molecule has 3 rings (SSSR count). The van der Waals surface area contributed by atoms with Crippen LogP contribution in [0.4, 0.5) is 0 Å². The molecule has 3 heterocycles. The van der Waals surface area contributed by atoms with Crippen LogP contribution in [0, 0.1) is 0 Å². The van der Waals surface area contributed by atoms with E-state index < -0.39 is 0 Å². The Morgan fingerprint density at radius 3 is 2.65 bits per heavy atom. The van der Waals surface area contributed by atoms with E-state index in [1.54, 1.807) is 24.5 Å². The summed E-state index contributed by atoms with van der Waals surface area (Å²) in [6.07, 6.45) is 7.50. The summed E-state index contributed by atoms with van der Waals surface area (Å²) >= 11 is 0. The highest BCUT2D eigenvalue weighted by Gasteiger charge is 2.00. The molecule has 0 atom stereocenters. The van der Waals surface area contributed by atoms with Gasteiger partial charge in [-0.1, -0.05) is 6.07 Å². The van der Waals surface area contributed by atoms with Crippen LogP contribution in [-0.2, 0) is 6.54 Å². The van der Waals surface area contributed by atoms with Crippen LogP contribution in [0.5, 0.6) is 0 Å². The lowest BCUT2D eigenvalue weighted by Crippen LogP contribution is -2.04. The van der Waals surface area contributed by atoms with Crippen LogP contribution in [0.3, 0.4) is 0 Å². The van der Waals surface area contributed by atoms with Gasteiger partial charge in [0, 0.05) is 36.9 Å². The molecule has 0 radical (unpaired) electrons. The Kier molecular flexibility index (Phi) is 2.26. The maximum Gasteiger partial charge on any atom is 0.181 e. The van der Waals surface area contributed by atoms with Crippen molar-refractivity contribution in [3.8, 4) is 0 Å². The van der Waals surface area contributed by atoms with Crippen LogP contribution in [0.2, 0.25) is 0 Å². The van der Waals surface area contributed by atoms with Crippen molar-refractivity contribution in [3.63, 3.8) is 0 Å². The Morgan fingerprint density at radius 2 is 1.88 bits per heavy atom. The van der Waals surface area contributed by atoms with Crippen molar-refractivity contribution in [1.29, 1.82) is 0 Å². The van der Waals surface area contributed by atoms with Gasteiger partial charge in [-0.3, -0.25) is 4.79 Å². The summed E-state index contributed by atoms with van der Waals surface area (Å²) in [5.41, 5.74) is 1.93. The molecule has 0 saturated carbocycles. The Morgan fingerprint density at radius 1 is 1.06 bits per heavy atom. The van der Waals surface area contributed by atoms with Crippen LogP contribution >= 0.6 is 0 Å². The zero-order chi connectivity index (χ0) is 11.7. The van der Waals surface area contributed by atoms with Crippen molar-refractivity contribution in [2.24, 2.45) is 0 Å². The first-order valence-electron chi connectivity index (χ1n) is 5.40. The van der Waals surface area contributed by atoms with Crippen molar-refractivity contribution >= 4 is 5.65 Å². The molecule has 3 aromatic rings. The van der Waals surface area contributed by atoms with E-state index in [0.29, 0.717) is 6.54 Å².